The Morgan fingerprint density at radius 2 is 1.50 bits per heavy atom. The third kappa shape index (κ3) is 5.50. The second-order valence-electron chi connectivity index (χ2n) is 8.95. The molecule has 0 aliphatic heterocycles. The van der Waals surface area contributed by atoms with Crippen LogP contribution < -0.4 is 0 Å². The molecule has 0 aromatic heterocycles. The zero-order chi connectivity index (χ0) is 17.3. The SMILES string of the molecule is CCCCCCCC1CCC2(C#N)C[C@H](CCCCC)CC[C@@H]2C1. The van der Waals surface area contributed by atoms with Gasteiger partial charge in [0.05, 0.1) is 11.5 Å². The Labute approximate surface area is 151 Å². The molecule has 0 heterocycles. The molecule has 0 radical (unpaired) electrons. The van der Waals surface area contributed by atoms with Crippen molar-refractivity contribution in [3.63, 3.8) is 0 Å². The van der Waals surface area contributed by atoms with Gasteiger partial charge in [-0.3, -0.25) is 0 Å². The van der Waals surface area contributed by atoms with Crippen molar-refractivity contribution in [1.29, 1.82) is 5.26 Å². The highest BCUT2D eigenvalue weighted by Gasteiger charge is 2.47. The van der Waals surface area contributed by atoms with Crippen molar-refractivity contribution < 1.29 is 0 Å². The first kappa shape index (κ1) is 19.8. The quantitative estimate of drug-likeness (QED) is 0.377. The maximum Gasteiger partial charge on any atom is 0.0692 e. The van der Waals surface area contributed by atoms with Crippen LogP contribution in [0.15, 0.2) is 0 Å². The van der Waals surface area contributed by atoms with Gasteiger partial charge in [0.25, 0.3) is 0 Å². The summed E-state index contributed by atoms with van der Waals surface area (Å²) in [4.78, 5) is 0. The number of rotatable bonds is 10. The van der Waals surface area contributed by atoms with Crippen LogP contribution in [0.2, 0.25) is 0 Å². The number of fused-ring (bicyclic) bond motifs is 1. The second kappa shape index (κ2) is 10.5. The molecule has 138 valence electrons. The van der Waals surface area contributed by atoms with Gasteiger partial charge in [-0.1, -0.05) is 84.5 Å². The lowest BCUT2D eigenvalue weighted by Crippen LogP contribution is -2.40. The molecule has 4 atom stereocenters. The summed E-state index contributed by atoms with van der Waals surface area (Å²) in [5, 5.41) is 9.98. The van der Waals surface area contributed by atoms with Crippen molar-refractivity contribution in [2.24, 2.45) is 23.2 Å². The van der Waals surface area contributed by atoms with Crippen LogP contribution in [0.5, 0.6) is 0 Å². The highest BCUT2D eigenvalue weighted by atomic mass is 14.5. The van der Waals surface area contributed by atoms with Crippen molar-refractivity contribution in [2.75, 3.05) is 0 Å². The van der Waals surface area contributed by atoms with Gasteiger partial charge in [0.2, 0.25) is 0 Å². The van der Waals surface area contributed by atoms with E-state index in [2.05, 4.69) is 19.9 Å². The zero-order valence-electron chi connectivity index (χ0n) is 16.5. The lowest BCUT2D eigenvalue weighted by molar-refractivity contribution is 0.0366. The van der Waals surface area contributed by atoms with E-state index in [0.29, 0.717) is 0 Å². The fraction of sp³-hybridized carbons (Fsp3) is 0.957. The molecule has 0 bridgehead atoms. The predicted molar refractivity (Wildman–Crippen MR) is 104 cm³/mol. The Bertz CT molecular complexity index is 382. The Balaban J connectivity index is 1.77. The Kier molecular flexibility index (Phi) is 8.65. The molecule has 1 nitrogen and oxygen atoms in total. The van der Waals surface area contributed by atoms with Crippen LogP contribution in [-0.2, 0) is 0 Å². The molecule has 0 spiro atoms. The third-order valence-corrected chi connectivity index (χ3v) is 7.13. The van der Waals surface area contributed by atoms with Gasteiger partial charge in [-0.2, -0.15) is 5.26 Å². The summed E-state index contributed by atoms with van der Waals surface area (Å²) in [5.41, 5.74) is 0.0633. The predicted octanol–water partition coefficient (Wildman–Crippen LogP) is 7.65. The minimum atomic E-state index is 0.0633. The average molecular weight is 332 g/mol. The fourth-order valence-corrected chi connectivity index (χ4v) is 5.55. The topological polar surface area (TPSA) is 23.8 Å². The molecule has 2 aliphatic carbocycles. The van der Waals surface area contributed by atoms with Crippen LogP contribution in [0.3, 0.4) is 0 Å². The monoisotopic (exact) mass is 331 g/mol. The van der Waals surface area contributed by atoms with Crippen LogP contribution in [0.1, 0.15) is 117 Å². The summed E-state index contributed by atoms with van der Waals surface area (Å²) < 4.78 is 0. The summed E-state index contributed by atoms with van der Waals surface area (Å²) >= 11 is 0. The number of unbranched alkanes of at least 4 members (excludes halogenated alkanes) is 6. The molecule has 0 saturated heterocycles. The molecule has 2 unspecified atom stereocenters. The number of nitrogens with zero attached hydrogens (tertiary/aromatic N) is 1. The van der Waals surface area contributed by atoms with E-state index in [1.165, 1.54) is 103 Å². The van der Waals surface area contributed by atoms with Crippen LogP contribution in [0, 0.1) is 34.5 Å². The normalized spacial score (nSPS) is 33.0. The molecule has 1 heteroatoms. The largest absolute Gasteiger partial charge is 0.198 e. The number of nitriles is 1. The van der Waals surface area contributed by atoms with Crippen LogP contribution in [0.4, 0.5) is 0 Å². The first-order valence-electron chi connectivity index (χ1n) is 11.1. The Morgan fingerprint density at radius 1 is 0.833 bits per heavy atom. The molecule has 0 aromatic carbocycles. The van der Waals surface area contributed by atoms with Crippen molar-refractivity contribution >= 4 is 0 Å². The molecule has 2 aliphatic rings. The van der Waals surface area contributed by atoms with Crippen LogP contribution >= 0.6 is 0 Å². The van der Waals surface area contributed by atoms with Crippen molar-refractivity contribution in [3.8, 4) is 6.07 Å². The van der Waals surface area contributed by atoms with Gasteiger partial charge < -0.3 is 0 Å². The summed E-state index contributed by atoms with van der Waals surface area (Å²) in [6.07, 6.45) is 21.8. The van der Waals surface area contributed by atoms with Gasteiger partial charge in [-0.15, -0.1) is 0 Å². The smallest absolute Gasteiger partial charge is 0.0692 e. The van der Waals surface area contributed by atoms with Gasteiger partial charge in [0, 0.05) is 0 Å². The highest BCUT2D eigenvalue weighted by molar-refractivity contribution is 5.08. The van der Waals surface area contributed by atoms with Crippen molar-refractivity contribution in [3.05, 3.63) is 0 Å². The maximum atomic E-state index is 9.98. The van der Waals surface area contributed by atoms with E-state index in [-0.39, 0.29) is 5.41 Å². The number of hydrogen-bond donors (Lipinski definition) is 0. The first-order valence-corrected chi connectivity index (χ1v) is 11.1. The van der Waals surface area contributed by atoms with Crippen molar-refractivity contribution in [1.82, 2.24) is 0 Å². The van der Waals surface area contributed by atoms with E-state index in [4.69, 9.17) is 0 Å². The molecular formula is C23H41N. The maximum absolute atomic E-state index is 9.98. The highest BCUT2D eigenvalue weighted by Crippen LogP contribution is 2.54. The van der Waals surface area contributed by atoms with Gasteiger partial charge in [-0.25, -0.2) is 0 Å². The fourth-order valence-electron chi connectivity index (χ4n) is 5.55. The van der Waals surface area contributed by atoms with E-state index in [0.717, 1.165) is 17.8 Å². The molecular weight excluding hydrogens is 290 g/mol. The molecule has 2 fully saturated rings. The number of hydrogen-bond acceptors (Lipinski definition) is 1. The molecule has 2 rings (SSSR count). The van der Waals surface area contributed by atoms with E-state index in [1.54, 1.807) is 0 Å². The molecule has 2 saturated carbocycles. The summed E-state index contributed by atoms with van der Waals surface area (Å²) in [7, 11) is 0. The molecule has 0 N–H and O–H groups in total. The summed E-state index contributed by atoms with van der Waals surface area (Å²) in [6, 6.07) is 2.84. The third-order valence-electron chi connectivity index (χ3n) is 7.13. The Hall–Kier alpha value is -0.510. The van der Waals surface area contributed by atoms with Crippen LogP contribution in [0.25, 0.3) is 0 Å². The standard InChI is InChI=1S/C23H41N/c1-3-5-7-8-10-11-20-15-16-23(19-24)18-21(12-9-6-4-2)13-14-22(23)17-20/h20-22H,3-18H2,1-2H3/t20?,21-,22-,23?/m1/s1. The minimum Gasteiger partial charge on any atom is -0.198 e. The zero-order valence-corrected chi connectivity index (χ0v) is 16.5. The van der Waals surface area contributed by atoms with Crippen LogP contribution in [-0.4, -0.2) is 0 Å². The average Bonchev–Trinajstić information content (AvgIpc) is 2.61. The lowest BCUT2D eigenvalue weighted by atomic mass is 9.55. The lowest BCUT2D eigenvalue weighted by Gasteiger charge is -2.48. The summed E-state index contributed by atoms with van der Waals surface area (Å²) in [5.74, 6) is 2.49. The van der Waals surface area contributed by atoms with E-state index in [1.807, 2.05) is 0 Å². The van der Waals surface area contributed by atoms with E-state index < -0.39 is 0 Å². The van der Waals surface area contributed by atoms with E-state index in [9.17, 15) is 5.26 Å². The van der Waals surface area contributed by atoms with Gasteiger partial charge >= 0.3 is 0 Å². The minimum absolute atomic E-state index is 0.0633. The Morgan fingerprint density at radius 3 is 2.25 bits per heavy atom. The van der Waals surface area contributed by atoms with Gasteiger partial charge in [-0.05, 0) is 49.9 Å². The molecule has 24 heavy (non-hydrogen) atoms. The van der Waals surface area contributed by atoms with Gasteiger partial charge in [0.1, 0.15) is 0 Å². The molecule has 0 amide bonds. The first-order chi connectivity index (χ1) is 11.7. The summed E-state index contributed by atoms with van der Waals surface area (Å²) in [6.45, 7) is 4.58. The second-order valence-corrected chi connectivity index (χ2v) is 8.95. The van der Waals surface area contributed by atoms with Gasteiger partial charge in [0.15, 0.2) is 0 Å². The molecule has 0 aromatic rings. The van der Waals surface area contributed by atoms with Crippen molar-refractivity contribution in [2.45, 2.75) is 117 Å². The van der Waals surface area contributed by atoms with E-state index >= 15 is 0 Å².